The highest BCUT2D eigenvalue weighted by molar-refractivity contribution is 5.85. The number of nitro benzene ring substituents is 1. The molecule has 122 valence electrons. The Bertz CT molecular complexity index is 489. The lowest BCUT2D eigenvalue weighted by Crippen LogP contribution is -2.22. The Kier molecular flexibility index (Phi) is 7.62. The average Bonchev–Trinajstić information content (AvgIpc) is 2.97. The van der Waals surface area contributed by atoms with Crippen LogP contribution in [-0.2, 0) is 4.74 Å². The first-order valence-corrected chi connectivity index (χ1v) is 6.96. The van der Waals surface area contributed by atoms with Gasteiger partial charge in [0.15, 0.2) is 0 Å². The number of benzene rings is 1. The number of hydrogen-bond acceptors (Lipinski definition) is 6. The highest BCUT2D eigenvalue weighted by Crippen LogP contribution is 2.17. The van der Waals surface area contributed by atoms with Gasteiger partial charge in [0, 0.05) is 18.7 Å². The average molecular weight is 331 g/mol. The predicted molar refractivity (Wildman–Crippen MR) is 82.6 cm³/mol. The van der Waals surface area contributed by atoms with Crippen molar-refractivity contribution in [3.63, 3.8) is 0 Å². The van der Waals surface area contributed by atoms with Gasteiger partial charge in [0.05, 0.1) is 11.5 Å². The number of hydrogen-bond donors (Lipinski definition) is 0. The van der Waals surface area contributed by atoms with Crippen LogP contribution in [-0.4, -0.2) is 42.2 Å². The minimum Gasteiger partial charge on any atom is -0.434 e. The normalized spacial score (nSPS) is 14.2. The maximum absolute atomic E-state index is 11.4. The highest BCUT2D eigenvalue weighted by atomic mass is 35.5. The first-order chi connectivity index (χ1) is 10.1. The zero-order valence-electron chi connectivity index (χ0n) is 12.1. The van der Waals surface area contributed by atoms with Crippen LogP contribution in [0.1, 0.15) is 19.3 Å². The lowest BCUT2D eigenvalue weighted by Gasteiger charge is -2.13. The first-order valence-electron chi connectivity index (χ1n) is 6.96. The smallest absolute Gasteiger partial charge is 0.434 e. The molecule has 1 saturated heterocycles. The van der Waals surface area contributed by atoms with E-state index in [1.807, 2.05) is 0 Å². The molecule has 1 fully saturated rings. The fourth-order valence-electron chi connectivity index (χ4n) is 2.21. The Morgan fingerprint density at radius 2 is 1.86 bits per heavy atom. The standard InChI is InChI=1S/C14H18N2O5.ClH/c17-14(20-11-3-10-15-8-1-2-9-15)21-13-6-4-12(5-7-13)16(18)19;/h4-7H,1-3,8-11H2;1H. The summed E-state index contributed by atoms with van der Waals surface area (Å²) in [4.78, 5) is 23.7. The maximum Gasteiger partial charge on any atom is 0.513 e. The predicted octanol–water partition coefficient (Wildman–Crippen LogP) is 3.02. The third-order valence-electron chi connectivity index (χ3n) is 3.29. The molecule has 0 N–H and O–H groups in total. The van der Waals surface area contributed by atoms with Crippen molar-refractivity contribution in [3.8, 4) is 5.75 Å². The van der Waals surface area contributed by atoms with Gasteiger partial charge in [-0.1, -0.05) is 0 Å². The van der Waals surface area contributed by atoms with Crippen LogP contribution >= 0.6 is 12.4 Å². The maximum atomic E-state index is 11.4. The van der Waals surface area contributed by atoms with Crippen LogP contribution in [0.4, 0.5) is 10.5 Å². The SMILES string of the molecule is Cl.O=C(OCCCN1CCCC1)Oc1ccc([N+](=O)[O-])cc1. The summed E-state index contributed by atoms with van der Waals surface area (Å²) in [5, 5.41) is 10.5. The van der Waals surface area contributed by atoms with Gasteiger partial charge in [-0.2, -0.15) is 0 Å². The van der Waals surface area contributed by atoms with E-state index >= 15 is 0 Å². The molecule has 22 heavy (non-hydrogen) atoms. The van der Waals surface area contributed by atoms with Crippen LogP contribution in [0.3, 0.4) is 0 Å². The molecule has 1 aromatic rings. The molecule has 0 saturated carbocycles. The Morgan fingerprint density at radius 1 is 1.23 bits per heavy atom. The Morgan fingerprint density at radius 3 is 2.45 bits per heavy atom. The summed E-state index contributed by atoms with van der Waals surface area (Å²) >= 11 is 0. The van der Waals surface area contributed by atoms with Crippen LogP contribution in [0.2, 0.25) is 0 Å². The van der Waals surface area contributed by atoms with Crippen molar-refractivity contribution in [2.24, 2.45) is 0 Å². The third-order valence-corrected chi connectivity index (χ3v) is 3.29. The molecule has 0 bridgehead atoms. The second-order valence-corrected chi connectivity index (χ2v) is 4.85. The van der Waals surface area contributed by atoms with Gasteiger partial charge in [-0.25, -0.2) is 4.79 Å². The molecule has 0 amide bonds. The number of nitro groups is 1. The van der Waals surface area contributed by atoms with Gasteiger partial charge < -0.3 is 14.4 Å². The van der Waals surface area contributed by atoms with Gasteiger partial charge in [-0.05, 0) is 44.5 Å². The fourth-order valence-corrected chi connectivity index (χ4v) is 2.21. The zero-order valence-corrected chi connectivity index (χ0v) is 12.9. The van der Waals surface area contributed by atoms with E-state index in [4.69, 9.17) is 9.47 Å². The van der Waals surface area contributed by atoms with Crippen LogP contribution in [0.25, 0.3) is 0 Å². The van der Waals surface area contributed by atoms with E-state index in [1.54, 1.807) is 0 Å². The summed E-state index contributed by atoms with van der Waals surface area (Å²) in [5.74, 6) is 0.227. The minimum atomic E-state index is -0.787. The molecule has 1 aliphatic rings. The van der Waals surface area contributed by atoms with Crippen molar-refractivity contribution in [1.82, 2.24) is 4.90 Å². The summed E-state index contributed by atoms with van der Waals surface area (Å²) in [5.41, 5.74) is -0.0543. The number of carbonyl (C=O) groups is 1. The molecule has 0 aliphatic carbocycles. The number of rotatable bonds is 6. The van der Waals surface area contributed by atoms with E-state index in [0.29, 0.717) is 6.61 Å². The third kappa shape index (κ3) is 5.87. The second-order valence-electron chi connectivity index (χ2n) is 4.85. The summed E-state index contributed by atoms with van der Waals surface area (Å²) in [6.07, 6.45) is 2.46. The number of halogens is 1. The molecule has 0 radical (unpaired) electrons. The molecular weight excluding hydrogens is 312 g/mol. The van der Waals surface area contributed by atoms with Crippen LogP contribution in [0.15, 0.2) is 24.3 Å². The Labute approximate surface area is 134 Å². The molecule has 8 heteroatoms. The van der Waals surface area contributed by atoms with E-state index in [0.717, 1.165) is 26.1 Å². The molecule has 1 aromatic carbocycles. The summed E-state index contributed by atoms with van der Waals surface area (Å²) in [6, 6.07) is 5.28. The van der Waals surface area contributed by atoms with Crippen molar-refractivity contribution < 1.29 is 19.2 Å². The first kappa shape index (κ1) is 18.2. The van der Waals surface area contributed by atoms with E-state index in [1.165, 1.54) is 37.1 Å². The van der Waals surface area contributed by atoms with E-state index in [-0.39, 0.29) is 23.8 Å². The topological polar surface area (TPSA) is 81.9 Å². The van der Waals surface area contributed by atoms with Crippen molar-refractivity contribution in [3.05, 3.63) is 34.4 Å². The van der Waals surface area contributed by atoms with Gasteiger partial charge >= 0.3 is 6.16 Å². The van der Waals surface area contributed by atoms with E-state index in [2.05, 4.69) is 4.90 Å². The molecule has 1 aliphatic heterocycles. The molecule has 2 rings (SSSR count). The molecule has 0 atom stereocenters. The minimum absolute atomic E-state index is 0. The highest BCUT2D eigenvalue weighted by Gasteiger charge is 2.12. The van der Waals surface area contributed by atoms with Crippen molar-refractivity contribution in [2.45, 2.75) is 19.3 Å². The molecule has 0 aromatic heterocycles. The van der Waals surface area contributed by atoms with Gasteiger partial charge in [0.1, 0.15) is 5.75 Å². The molecule has 0 unspecified atom stereocenters. The molecular formula is C14H19ClN2O5. The van der Waals surface area contributed by atoms with Gasteiger partial charge in [-0.3, -0.25) is 10.1 Å². The second kappa shape index (κ2) is 9.22. The number of carbonyl (C=O) groups excluding carboxylic acids is 1. The van der Waals surface area contributed by atoms with Crippen molar-refractivity contribution in [2.75, 3.05) is 26.2 Å². The van der Waals surface area contributed by atoms with Gasteiger partial charge in [-0.15, -0.1) is 12.4 Å². The lowest BCUT2D eigenvalue weighted by atomic mass is 10.3. The Hall–Kier alpha value is -1.86. The fraction of sp³-hybridized carbons (Fsp3) is 0.500. The monoisotopic (exact) mass is 330 g/mol. The number of likely N-dealkylation sites (tertiary alicyclic amines) is 1. The molecule has 0 spiro atoms. The summed E-state index contributed by atoms with van der Waals surface area (Å²) in [7, 11) is 0. The number of non-ortho nitro benzene ring substituents is 1. The number of ether oxygens (including phenoxy) is 2. The summed E-state index contributed by atoms with van der Waals surface area (Å²) < 4.78 is 9.89. The Balaban J connectivity index is 0.00000242. The van der Waals surface area contributed by atoms with E-state index in [9.17, 15) is 14.9 Å². The van der Waals surface area contributed by atoms with Gasteiger partial charge in [0.25, 0.3) is 5.69 Å². The quantitative estimate of drug-likeness (QED) is 0.262. The molecule has 1 heterocycles. The van der Waals surface area contributed by atoms with Crippen molar-refractivity contribution >= 4 is 24.2 Å². The number of nitrogens with zero attached hydrogens (tertiary/aromatic N) is 2. The van der Waals surface area contributed by atoms with Gasteiger partial charge in [0.2, 0.25) is 0 Å². The summed E-state index contributed by atoms with van der Waals surface area (Å²) in [6.45, 7) is 3.47. The molecule has 7 nitrogen and oxygen atoms in total. The van der Waals surface area contributed by atoms with Crippen LogP contribution < -0.4 is 4.74 Å². The van der Waals surface area contributed by atoms with Crippen LogP contribution in [0, 0.1) is 10.1 Å². The van der Waals surface area contributed by atoms with Crippen molar-refractivity contribution in [1.29, 1.82) is 0 Å². The van der Waals surface area contributed by atoms with E-state index < -0.39 is 11.1 Å². The van der Waals surface area contributed by atoms with Crippen LogP contribution in [0.5, 0.6) is 5.75 Å². The largest absolute Gasteiger partial charge is 0.513 e. The zero-order chi connectivity index (χ0) is 15.1. The lowest BCUT2D eigenvalue weighted by molar-refractivity contribution is -0.384.